The van der Waals surface area contributed by atoms with Gasteiger partial charge in [-0.15, -0.1) is 11.8 Å². The summed E-state index contributed by atoms with van der Waals surface area (Å²) in [4.78, 5) is 18.4. The smallest absolute Gasteiger partial charge is 0.303 e. The number of hydrogen-bond donors (Lipinski definition) is 2. The van der Waals surface area contributed by atoms with E-state index in [-0.39, 0.29) is 29.4 Å². The molecule has 1 aliphatic heterocycles. The predicted molar refractivity (Wildman–Crippen MR) is 145 cm³/mol. The number of carboxylic acids is 1. The Bertz CT molecular complexity index is 1190. The van der Waals surface area contributed by atoms with Crippen LogP contribution in [0.5, 0.6) is 5.75 Å². The lowest BCUT2D eigenvalue weighted by Gasteiger charge is -2.38. The number of carbonyl (C=O) groups is 1. The van der Waals surface area contributed by atoms with Gasteiger partial charge in [-0.2, -0.15) is 4.39 Å². The average Bonchev–Trinajstić information content (AvgIpc) is 3.27. The monoisotopic (exact) mass is 551 g/mol. The van der Waals surface area contributed by atoms with E-state index in [1.165, 1.54) is 6.07 Å². The molecular weight excluding hydrogens is 521 g/mol. The minimum Gasteiger partial charge on any atom is -0.497 e. The molecule has 0 spiro atoms. The first-order valence-corrected chi connectivity index (χ1v) is 14.2. The zero-order valence-electron chi connectivity index (χ0n) is 20.2. The molecule has 0 amide bonds. The van der Waals surface area contributed by atoms with Gasteiger partial charge in [-0.25, -0.2) is 0 Å². The van der Waals surface area contributed by atoms with Gasteiger partial charge in [0.25, 0.3) is 0 Å². The summed E-state index contributed by atoms with van der Waals surface area (Å²) >= 11 is 9.34. The van der Waals surface area contributed by atoms with Crippen molar-refractivity contribution in [2.24, 2.45) is 17.6 Å². The molecule has 0 saturated carbocycles. The minimum atomic E-state index is -0.769. The van der Waals surface area contributed by atoms with E-state index in [2.05, 4.69) is 9.88 Å². The number of piperidine rings is 1. The van der Waals surface area contributed by atoms with Gasteiger partial charge in [0.15, 0.2) is 5.13 Å². The Morgan fingerprint density at radius 3 is 2.94 bits per heavy atom. The van der Waals surface area contributed by atoms with E-state index in [0.29, 0.717) is 11.4 Å². The molecular formula is C26H31ClFN3O3S2. The number of benzene rings is 1. The number of rotatable bonds is 11. The van der Waals surface area contributed by atoms with Gasteiger partial charge in [0, 0.05) is 42.9 Å². The number of aromatic nitrogens is 1. The topological polar surface area (TPSA) is 88.7 Å². The maximum absolute atomic E-state index is 13.2. The van der Waals surface area contributed by atoms with Gasteiger partial charge in [0.1, 0.15) is 5.75 Å². The quantitative estimate of drug-likeness (QED) is 0.279. The van der Waals surface area contributed by atoms with Gasteiger partial charge in [-0.3, -0.25) is 9.78 Å². The molecule has 1 aliphatic rings. The van der Waals surface area contributed by atoms with Crippen molar-refractivity contribution in [3.05, 3.63) is 52.2 Å². The van der Waals surface area contributed by atoms with Crippen LogP contribution in [0, 0.1) is 17.0 Å². The molecule has 3 atom stereocenters. The molecule has 0 aliphatic carbocycles. The molecule has 194 valence electrons. The van der Waals surface area contributed by atoms with Crippen LogP contribution in [0.1, 0.15) is 37.3 Å². The van der Waals surface area contributed by atoms with Crippen LogP contribution < -0.4 is 10.5 Å². The van der Waals surface area contributed by atoms with Crippen LogP contribution in [0.4, 0.5) is 4.39 Å². The third kappa shape index (κ3) is 6.89. The Labute approximate surface area is 224 Å². The lowest BCUT2D eigenvalue weighted by atomic mass is 9.79. The largest absolute Gasteiger partial charge is 0.497 e. The molecule has 1 saturated heterocycles. The summed E-state index contributed by atoms with van der Waals surface area (Å²) in [5, 5.41) is 10.8. The Hall–Kier alpha value is -1.91. The number of likely N-dealkylation sites (tertiary alicyclic amines) is 1. The molecule has 0 radical (unpaired) electrons. The minimum absolute atomic E-state index is 0.0670. The van der Waals surface area contributed by atoms with Gasteiger partial charge in [-0.1, -0.05) is 22.9 Å². The molecule has 3 N–H and O–H groups in total. The number of pyridine rings is 1. The van der Waals surface area contributed by atoms with Gasteiger partial charge in [0.05, 0.1) is 21.9 Å². The number of thiophene rings is 1. The van der Waals surface area contributed by atoms with E-state index >= 15 is 0 Å². The van der Waals surface area contributed by atoms with Crippen molar-refractivity contribution >= 4 is 51.6 Å². The highest BCUT2D eigenvalue weighted by molar-refractivity contribution is 8.01. The highest BCUT2D eigenvalue weighted by Gasteiger charge is 2.31. The fourth-order valence-corrected chi connectivity index (χ4v) is 7.25. The van der Waals surface area contributed by atoms with Crippen molar-refractivity contribution in [1.29, 1.82) is 0 Å². The maximum Gasteiger partial charge on any atom is 0.303 e. The number of nitrogens with zero attached hydrogens (tertiary/aromatic N) is 2. The third-order valence-electron chi connectivity index (χ3n) is 6.90. The van der Waals surface area contributed by atoms with E-state index in [1.807, 2.05) is 24.3 Å². The third-order valence-corrected chi connectivity index (χ3v) is 9.28. The number of halogens is 2. The molecule has 2 aromatic heterocycles. The number of ether oxygens (including phenoxy) is 1. The van der Waals surface area contributed by atoms with Crippen LogP contribution in [-0.4, -0.2) is 53.5 Å². The molecule has 10 heteroatoms. The molecule has 0 bridgehead atoms. The van der Waals surface area contributed by atoms with Gasteiger partial charge in [-0.05, 0) is 73.5 Å². The standard InChI is InChI=1S/C26H31ClFN3O3S2/c1-34-18-3-5-22-19(13-18)26(20(27)14-30-22)21(29)4-2-16-8-9-31(15-17(16)12-24(32)33)10-11-35-25-7-6-23(28)36-25/h3,5-7,13-14,16-17,21H,2,4,8-12,15,29H2,1H3,(H,32,33)/t16-,17-,21+/m1/s1. The summed E-state index contributed by atoms with van der Waals surface area (Å²) in [7, 11) is 1.62. The van der Waals surface area contributed by atoms with Crippen molar-refractivity contribution in [1.82, 2.24) is 9.88 Å². The molecule has 3 heterocycles. The van der Waals surface area contributed by atoms with E-state index in [0.717, 1.165) is 76.0 Å². The first kappa shape index (κ1) is 27.1. The highest BCUT2D eigenvalue weighted by atomic mass is 35.5. The molecule has 3 aromatic rings. The molecule has 1 fully saturated rings. The lowest BCUT2D eigenvalue weighted by Crippen LogP contribution is -2.42. The van der Waals surface area contributed by atoms with Crippen LogP contribution in [0.2, 0.25) is 5.02 Å². The van der Waals surface area contributed by atoms with Crippen molar-refractivity contribution in [2.75, 3.05) is 32.5 Å². The SMILES string of the molecule is COc1ccc2ncc(Cl)c([C@@H](N)CC[C@@H]3CCN(CCSc4ccc(F)s4)C[C@H]3CC(=O)O)c2c1. The second-order valence-electron chi connectivity index (χ2n) is 9.20. The van der Waals surface area contributed by atoms with Crippen molar-refractivity contribution in [3.63, 3.8) is 0 Å². The Kier molecular flexibility index (Phi) is 9.47. The first-order chi connectivity index (χ1) is 17.3. The van der Waals surface area contributed by atoms with E-state index < -0.39 is 5.97 Å². The van der Waals surface area contributed by atoms with Crippen LogP contribution in [-0.2, 0) is 4.79 Å². The van der Waals surface area contributed by atoms with E-state index in [4.69, 9.17) is 22.1 Å². The summed E-state index contributed by atoms with van der Waals surface area (Å²) in [5.74, 6) is 1.15. The van der Waals surface area contributed by atoms with Crippen LogP contribution in [0.15, 0.2) is 40.7 Å². The number of carboxylic acid groups (broad SMARTS) is 1. The molecule has 0 unspecified atom stereocenters. The van der Waals surface area contributed by atoms with Gasteiger partial charge < -0.3 is 20.5 Å². The number of nitrogens with two attached hydrogens (primary N) is 1. The molecule has 4 rings (SSSR count). The van der Waals surface area contributed by atoms with Gasteiger partial charge >= 0.3 is 5.97 Å². The Morgan fingerprint density at radius 2 is 2.22 bits per heavy atom. The number of aliphatic carboxylic acids is 1. The normalized spacial score (nSPS) is 19.4. The first-order valence-electron chi connectivity index (χ1n) is 12.0. The second kappa shape index (κ2) is 12.6. The summed E-state index contributed by atoms with van der Waals surface area (Å²) < 4.78 is 19.6. The second-order valence-corrected chi connectivity index (χ2v) is 12.0. The molecule has 1 aromatic carbocycles. The zero-order chi connectivity index (χ0) is 25.7. The number of thioether (sulfide) groups is 1. The van der Waals surface area contributed by atoms with Crippen molar-refractivity contribution in [3.8, 4) is 5.75 Å². The van der Waals surface area contributed by atoms with E-state index in [1.54, 1.807) is 25.1 Å². The summed E-state index contributed by atoms with van der Waals surface area (Å²) in [6.45, 7) is 2.53. The molecule has 36 heavy (non-hydrogen) atoms. The van der Waals surface area contributed by atoms with E-state index in [9.17, 15) is 14.3 Å². The average molecular weight is 552 g/mol. The summed E-state index contributed by atoms with van der Waals surface area (Å²) in [5.41, 5.74) is 8.33. The highest BCUT2D eigenvalue weighted by Crippen LogP contribution is 2.37. The predicted octanol–water partition coefficient (Wildman–Crippen LogP) is 6.08. The fourth-order valence-electron chi connectivity index (χ4n) is 5.06. The number of hydrogen-bond acceptors (Lipinski definition) is 7. The van der Waals surface area contributed by atoms with Crippen molar-refractivity contribution < 1.29 is 19.0 Å². The zero-order valence-corrected chi connectivity index (χ0v) is 22.5. The Balaban J connectivity index is 1.38. The number of fused-ring (bicyclic) bond motifs is 1. The van der Waals surface area contributed by atoms with Crippen LogP contribution in [0.3, 0.4) is 0 Å². The summed E-state index contributed by atoms with van der Waals surface area (Å²) in [6.07, 6.45) is 4.26. The molecule has 6 nitrogen and oxygen atoms in total. The maximum atomic E-state index is 13.2. The lowest BCUT2D eigenvalue weighted by molar-refractivity contribution is -0.139. The van der Waals surface area contributed by atoms with Crippen molar-refractivity contribution in [2.45, 2.75) is 35.9 Å². The Morgan fingerprint density at radius 1 is 1.39 bits per heavy atom. The van der Waals surface area contributed by atoms with Crippen LogP contribution in [0.25, 0.3) is 10.9 Å². The van der Waals surface area contributed by atoms with Crippen LogP contribution >= 0.6 is 34.7 Å². The summed E-state index contributed by atoms with van der Waals surface area (Å²) in [6, 6.07) is 8.68. The fraction of sp³-hybridized carbons (Fsp3) is 0.462. The van der Waals surface area contributed by atoms with Gasteiger partial charge in [0.2, 0.25) is 0 Å². The number of methoxy groups -OCH3 is 1.